The number of hydrogen-bond donors (Lipinski definition) is 2. The summed E-state index contributed by atoms with van der Waals surface area (Å²) in [5, 5.41) is 12.3. The molecule has 0 aromatic heterocycles. The van der Waals surface area contributed by atoms with Crippen LogP contribution < -0.4 is 5.32 Å². The van der Waals surface area contributed by atoms with E-state index < -0.39 is 0 Å². The molecule has 0 aromatic rings. The second-order valence-electron chi connectivity index (χ2n) is 3.08. The molecule has 1 rings (SSSR count). The monoisotopic (exact) mass is 153 g/mol. The van der Waals surface area contributed by atoms with Gasteiger partial charge in [0.05, 0.1) is 6.10 Å². The Hall–Kier alpha value is -0.520. The average molecular weight is 153 g/mol. The Kier molecular flexibility index (Phi) is 3.41. The van der Waals surface area contributed by atoms with Crippen LogP contribution in [0.25, 0.3) is 0 Å². The summed E-state index contributed by atoms with van der Waals surface area (Å²) in [4.78, 5) is 0. The number of terminal acetylenes is 1. The van der Waals surface area contributed by atoms with E-state index in [0.29, 0.717) is 6.04 Å². The minimum Gasteiger partial charge on any atom is -0.393 e. The van der Waals surface area contributed by atoms with Crippen LogP contribution in [0.2, 0.25) is 0 Å². The van der Waals surface area contributed by atoms with E-state index in [2.05, 4.69) is 11.2 Å². The Morgan fingerprint density at radius 2 is 2.27 bits per heavy atom. The van der Waals surface area contributed by atoms with Gasteiger partial charge in [0.15, 0.2) is 0 Å². The van der Waals surface area contributed by atoms with Crippen molar-refractivity contribution in [2.24, 2.45) is 0 Å². The third kappa shape index (κ3) is 2.92. The zero-order valence-electron chi connectivity index (χ0n) is 6.71. The Bertz CT molecular complexity index is 144. The van der Waals surface area contributed by atoms with Crippen LogP contribution in [0.1, 0.15) is 25.7 Å². The molecule has 1 saturated carbocycles. The Morgan fingerprint density at radius 1 is 1.55 bits per heavy atom. The second kappa shape index (κ2) is 4.38. The fourth-order valence-electron chi connectivity index (χ4n) is 1.25. The molecule has 0 aliphatic heterocycles. The molecule has 0 radical (unpaired) electrons. The summed E-state index contributed by atoms with van der Waals surface area (Å²) in [6, 6.07) is 0.544. The molecule has 0 heterocycles. The predicted molar refractivity (Wildman–Crippen MR) is 45.1 cm³/mol. The Labute approximate surface area is 68.0 Å². The molecule has 1 aliphatic rings. The third-order valence-electron chi connectivity index (χ3n) is 2.04. The van der Waals surface area contributed by atoms with Gasteiger partial charge in [-0.05, 0) is 25.8 Å². The Balaban J connectivity index is 1.86. The van der Waals surface area contributed by atoms with Crippen LogP contribution in [-0.2, 0) is 0 Å². The van der Waals surface area contributed by atoms with Gasteiger partial charge in [0.1, 0.15) is 0 Å². The van der Waals surface area contributed by atoms with Gasteiger partial charge < -0.3 is 10.4 Å². The molecule has 1 fully saturated rings. The van der Waals surface area contributed by atoms with Crippen molar-refractivity contribution in [2.45, 2.75) is 37.8 Å². The Morgan fingerprint density at radius 3 is 2.82 bits per heavy atom. The standard InChI is InChI=1S/C9H15NO/c1-2-3-4-5-10-8-6-9(11)7-8/h1,8-11H,3-7H2. The van der Waals surface area contributed by atoms with Crippen LogP contribution in [0, 0.1) is 12.3 Å². The van der Waals surface area contributed by atoms with Gasteiger partial charge in [0.25, 0.3) is 0 Å². The fourth-order valence-corrected chi connectivity index (χ4v) is 1.25. The zero-order chi connectivity index (χ0) is 8.10. The molecular weight excluding hydrogens is 138 g/mol. The molecule has 11 heavy (non-hydrogen) atoms. The quantitative estimate of drug-likeness (QED) is 0.455. The molecule has 0 saturated heterocycles. The molecule has 0 amide bonds. The van der Waals surface area contributed by atoms with E-state index in [-0.39, 0.29) is 6.10 Å². The fraction of sp³-hybridized carbons (Fsp3) is 0.778. The zero-order valence-corrected chi connectivity index (χ0v) is 6.71. The number of rotatable bonds is 4. The van der Waals surface area contributed by atoms with Crippen LogP contribution >= 0.6 is 0 Å². The van der Waals surface area contributed by atoms with Crippen molar-refractivity contribution < 1.29 is 5.11 Å². The second-order valence-corrected chi connectivity index (χ2v) is 3.08. The number of nitrogens with one attached hydrogen (secondary N) is 1. The predicted octanol–water partition coefficient (Wildman–Crippen LogP) is 0.513. The van der Waals surface area contributed by atoms with Gasteiger partial charge in [-0.25, -0.2) is 0 Å². The molecule has 2 nitrogen and oxygen atoms in total. The van der Waals surface area contributed by atoms with Crippen molar-refractivity contribution in [3.05, 3.63) is 0 Å². The lowest BCUT2D eigenvalue weighted by atomic mass is 9.89. The maximum atomic E-state index is 8.95. The topological polar surface area (TPSA) is 32.3 Å². The van der Waals surface area contributed by atoms with E-state index in [1.165, 1.54) is 0 Å². The van der Waals surface area contributed by atoms with Crippen LogP contribution in [0.4, 0.5) is 0 Å². The van der Waals surface area contributed by atoms with Gasteiger partial charge in [-0.3, -0.25) is 0 Å². The minimum atomic E-state index is -0.0554. The van der Waals surface area contributed by atoms with Crippen molar-refractivity contribution in [3.8, 4) is 12.3 Å². The summed E-state index contributed by atoms with van der Waals surface area (Å²) in [6.45, 7) is 0.988. The normalized spacial score (nSPS) is 29.1. The lowest BCUT2D eigenvalue weighted by Crippen LogP contribution is -2.44. The highest BCUT2D eigenvalue weighted by atomic mass is 16.3. The van der Waals surface area contributed by atoms with Crippen molar-refractivity contribution >= 4 is 0 Å². The van der Waals surface area contributed by atoms with Gasteiger partial charge >= 0.3 is 0 Å². The van der Waals surface area contributed by atoms with E-state index in [1.807, 2.05) is 0 Å². The SMILES string of the molecule is C#CCCCNC1CC(O)C1. The van der Waals surface area contributed by atoms with E-state index in [9.17, 15) is 0 Å². The maximum absolute atomic E-state index is 8.95. The molecular formula is C9H15NO. The molecule has 2 heteroatoms. The van der Waals surface area contributed by atoms with E-state index in [0.717, 1.165) is 32.2 Å². The average Bonchev–Trinajstić information content (AvgIpc) is 1.94. The molecule has 0 aromatic carbocycles. The van der Waals surface area contributed by atoms with E-state index in [4.69, 9.17) is 11.5 Å². The summed E-state index contributed by atoms with van der Waals surface area (Å²) in [5.74, 6) is 2.60. The lowest BCUT2D eigenvalue weighted by molar-refractivity contribution is 0.0627. The molecule has 0 bridgehead atoms. The molecule has 2 N–H and O–H groups in total. The highest BCUT2D eigenvalue weighted by Crippen LogP contribution is 2.18. The lowest BCUT2D eigenvalue weighted by Gasteiger charge is -2.32. The van der Waals surface area contributed by atoms with Gasteiger partial charge in [0, 0.05) is 12.5 Å². The first kappa shape index (κ1) is 8.58. The molecule has 1 aliphatic carbocycles. The van der Waals surface area contributed by atoms with Gasteiger partial charge in [0.2, 0.25) is 0 Å². The van der Waals surface area contributed by atoms with Crippen LogP contribution in [0.15, 0.2) is 0 Å². The summed E-state index contributed by atoms with van der Waals surface area (Å²) in [7, 11) is 0. The van der Waals surface area contributed by atoms with E-state index >= 15 is 0 Å². The van der Waals surface area contributed by atoms with E-state index in [1.54, 1.807) is 0 Å². The van der Waals surface area contributed by atoms with Crippen LogP contribution in [-0.4, -0.2) is 23.8 Å². The largest absolute Gasteiger partial charge is 0.393 e. The number of aliphatic hydroxyl groups is 1. The number of aliphatic hydroxyl groups excluding tert-OH is 1. The summed E-state index contributed by atoms with van der Waals surface area (Å²) < 4.78 is 0. The summed E-state index contributed by atoms with van der Waals surface area (Å²) >= 11 is 0. The maximum Gasteiger partial charge on any atom is 0.0570 e. The highest BCUT2D eigenvalue weighted by molar-refractivity contribution is 4.86. The van der Waals surface area contributed by atoms with Crippen molar-refractivity contribution in [1.82, 2.24) is 5.32 Å². The van der Waals surface area contributed by atoms with Crippen molar-refractivity contribution in [3.63, 3.8) is 0 Å². The molecule has 0 spiro atoms. The van der Waals surface area contributed by atoms with Crippen LogP contribution in [0.5, 0.6) is 0 Å². The molecule has 62 valence electrons. The van der Waals surface area contributed by atoms with Crippen LogP contribution in [0.3, 0.4) is 0 Å². The number of unbranched alkanes of at least 4 members (excludes halogenated alkanes) is 1. The smallest absolute Gasteiger partial charge is 0.0570 e. The molecule has 0 atom stereocenters. The highest BCUT2D eigenvalue weighted by Gasteiger charge is 2.25. The third-order valence-corrected chi connectivity index (χ3v) is 2.04. The summed E-state index contributed by atoms with van der Waals surface area (Å²) in [5.41, 5.74) is 0. The first-order chi connectivity index (χ1) is 5.33. The molecule has 0 unspecified atom stereocenters. The van der Waals surface area contributed by atoms with Crippen molar-refractivity contribution in [2.75, 3.05) is 6.54 Å². The first-order valence-electron chi connectivity index (χ1n) is 4.18. The van der Waals surface area contributed by atoms with Crippen molar-refractivity contribution in [1.29, 1.82) is 0 Å². The number of hydrogen-bond acceptors (Lipinski definition) is 2. The van der Waals surface area contributed by atoms with Gasteiger partial charge in [-0.15, -0.1) is 12.3 Å². The van der Waals surface area contributed by atoms with Gasteiger partial charge in [-0.2, -0.15) is 0 Å². The minimum absolute atomic E-state index is 0.0554. The first-order valence-corrected chi connectivity index (χ1v) is 4.18. The van der Waals surface area contributed by atoms with Gasteiger partial charge in [-0.1, -0.05) is 0 Å². The summed E-state index contributed by atoms with van der Waals surface area (Å²) in [6.07, 6.45) is 8.76.